The molecule has 7 nitrogen and oxygen atoms in total. The van der Waals surface area contributed by atoms with Gasteiger partial charge in [-0.3, -0.25) is 9.59 Å². The number of amidine groups is 1. The SMILES string of the molecule is CC(=O)NC1=NC(=O)/C(=C\c2cc(C)n(-c3ccc(C(=O)[O-])cc3)c2C)S1. The van der Waals surface area contributed by atoms with Crippen LogP contribution in [0, 0.1) is 13.8 Å². The predicted octanol–water partition coefficient (Wildman–Crippen LogP) is 1.56. The van der Waals surface area contributed by atoms with E-state index in [1.165, 1.54) is 19.1 Å². The van der Waals surface area contributed by atoms with E-state index in [0.717, 1.165) is 34.4 Å². The van der Waals surface area contributed by atoms with E-state index in [9.17, 15) is 19.5 Å². The fraction of sp³-hybridized carbons (Fsp3) is 0.158. The lowest BCUT2D eigenvalue weighted by Gasteiger charge is -2.11. The van der Waals surface area contributed by atoms with E-state index >= 15 is 0 Å². The monoisotopic (exact) mass is 382 g/mol. The van der Waals surface area contributed by atoms with Crippen molar-refractivity contribution in [1.82, 2.24) is 9.88 Å². The summed E-state index contributed by atoms with van der Waals surface area (Å²) in [6.07, 6.45) is 1.74. The number of hydrogen-bond donors (Lipinski definition) is 1. The van der Waals surface area contributed by atoms with Crippen molar-refractivity contribution in [2.45, 2.75) is 20.8 Å². The van der Waals surface area contributed by atoms with Gasteiger partial charge in [0.2, 0.25) is 5.91 Å². The molecule has 27 heavy (non-hydrogen) atoms. The molecule has 2 heterocycles. The van der Waals surface area contributed by atoms with Crippen LogP contribution >= 0.6 is 11.8 Å². The van der Waals surface area contributed by atoms with Crippen molar-refractivity contribution in [1.29, 1.82) is 0 Å². The Kier molecular flexibility index (Phi) is 5.00. The van der Waals surface area contributed by atoms with Gasteiger partial charge in [0.1, 0.15) is 0 Å². The van der Waals surface area contributed by atoms with Crippen molar-refractivity contribution in [3.63, 3.8) is 0 Å². The summed E-state index contributed by atoms with van der Waals surface area (Å²) in [6.45, 7) is 5.19. The molecule has 0 fully saturated rings. The molecule has 1 aliphatic heterocycles. The number of hydrogen-bond acceptors (Lipinski definition) is 5. The van der Waals surface area contributed by atoms with Crippen LogP contribution in [-0.2, 0) is 9.59 Å². The van der Waals surface area contributed by atoms with E-state index in [-0.39, 0.29) is 16.6 Å². The van der Waals surface area contributed by atoms with Gasteiger partial charge in [-0.2, -0.15) is 4.99 Å². The third-order valence-electron chi connectivity index (χ3n) is 4.02. The van der Waals surface area contributed by atoms with Crippen molar-refractivity contribution in [2.75, 3.05) is 0 Å². The van der Waals surface area contributed by atoms with E-state index in [2.05, 4.69) is 10.3 Å². The first-order chi connectivity index (χ1) is 12.8. The number of aromatic carboxylic acids is 1. The zero-order chi connectivity index (χ0) is 19.7. The van der Waals surface area contributed by atoms with E-state index in [4.69, 9.17) is 0 Å². The van der Waals surface area contributed by atoms with E-state index in [1.54, 1.807) is 18.2 Å². The van der Waals surface area contributed by atoms with Gasteiger partial charge in [-0.25, -0.2) is 0 Å². The summed E-state index contributed by atoms with van der Waals surface area (Å²) in [4.78, 5) is 38.3. The van der Waals surface area contributed by atoms with Gasteiger partial charge in [0.25, 0.3) is 5.91 Å². The molecule has 2 amide bonds. The molecule has 0 unspecified atom stereocenters. The highest BCUT2D eigenvalue weighted by atomic mass is 32.2. The third kappa shape index (κ3) is 3.85. The Morgan fingerprint density at radius 3 is 2.48 bits per heavy atom. The first-order valence-electron chi connectivity index (χ1n) is 8.07. The molecule has 1 aromatic carbocycles. The number of nitrogens with one attached hydrogen (secondary N) is 1. The van der Waals surface area contributed by atoms with Gasteiger partial charge in [-0.15, -0.1) is 0 Å². The normalized spacial score (nSPS) is 15.1. The van der Waals surface area contributed by atoms with Crippen LogP contribution in [0.15, 0.2) is 40.2 Å². The van der Waals surface area contributed by atoms with Crippen molar-refractivity contribution in [2.24, 2.45) is 4.99 Å². The average Bonchev–Trinajstić information content (AvgIpc) is 3.06. The fourth-order valence-corrected chi connectivity index (χ4v) is 3.68. The predicted molar refractivity (Wildman–Crippen MR) is 101 cm³/mol. The maximum atomic E-state index is 12.0. The van der Waals surface area contributed by atoms with Gasteiger partial charge in [0.05, 0.1) is 10.9 Å². The minimum atomic E-state index is -1.22. The molecule has 0 spiro atoms. The molecule has 1 aliphatic rings. The van der Waals surface area contributed by atoms with Crippen LogP contribution in [0.5, 0.6) is 0 Å². The Balaban J connectivity index is 1.92. The number of carbonyl (C=O) groups is 3. The van der Waals surface area contributed by atoms with Crippen molar-refractivity contribution >= 4 is 40.8 Å². The highest BCUT2D eigenvalue weighted by molar-refractivity contribution is 8.18. The van der Waals surface area contributed by atoms with Crippen molar-refractivity contribution in [3.05, 3.63) is 57.8 Å². The lowest BCUT2D eigenvalue weighted by Crippen LogP contribution is -2.23. The summed E-state index contributed by atoms with van der Waals surface area (Å²) in [5.41, 5.74) is 3.58. The van der Waals surface area contributed by atoms with Gasteiger partial charge >= 0.3 is 0 Å². The smallest absolute Gasteiger partial charge is 0.286 e. The Morgan fingerprint density at radius 1 is 1.22 bits per heavy atom. The zero-order valence-electron chi connectivity index (χ0n) is 14.9. The van der Waals surface area contributed by atoms with Gasteiger partial charge in [-0.1, -0.05) is 12.1 Å². The number of aliphatic imine (C=N–C) groups is 1. The molecular weight excluding hydrogens is 366 g/mol. The molecule has 1 aromatic heterocycles. The topological polar surface area (TPSA) is 104 Å². The molecule has 0 atom stereocenters. The number of aryl methyl sites for hydroxylation is 1. The van der Waals surface area contributed by atoms with Gasteiger partial charge in [-0.05, 0) is 61.0 Å². The fourth-order valence-electron chi connectivity index (χ4n) is 2.83. The molecule has 8 heteroatoms. The molecule has 0 radical (unpaired) electrons. The van der Waals surface area contributed by atoms with E-state index in [0.29, 0.717) is 4.91 Å². The lowest BCUT2D eigenvalue weighted by atomic mass is 10.2. The van der Waals surface area contributed by atoms with Crippen LogP contribution in [0.4, 0.5) is 0 Å². The summed E-state index contributed by atoms with van der Waals surface area (Å²) in [6, 6.07) is 8.32. The standard InChI is InChI=1S/C19H17N3O4S/c1-10-8-14(9-16-17(24)21-19(27-16)20-12(3)23)11(2)22(10)15-6-4-13(5-7-15)18(25)26/h4-9H,1-3H3,(H,25,26)(H,20,21,23,24)/p-1/b16-9+. The number of carboxylic acids is 1. The summed E-state index contributed by atoms with van der Waals surface area (Å²) < 4.78 is 1.96. The molecule has 2 aromatic rings. The van der Waals surface area contributed by atoms with Crippen LogP contribution in [0.2, 0.25) is 0 Å². The largest absolute Gasteiger partial charge is 0.545 e. The highest BCUT2D eigenvalue weighted by Gasteiger charge is 2.23. The third-order valence-corrected chi connectivity index (χ3v) is 4.92. The molecule has 138 valence electrons. The summed E-state index contributed by atoms with van der Waals surface area (Å²) in [7, 11) is 0. The first kappa shape index (κ1) is 18.7. The zero-order valence-corrected chi connectivity index (χ0v) is 15.7. The Labute approximate surface area is 159 Å². The van der Waals surface area contributed by atoms with Crippen LogP contribution in [0.1, 0.15) is 34.2 Å². The summed E-state index contributed by atoms with van der Waals surface area (Å²) in [5.74, 6) is -1.90. The maximum Gasteiger partial charge on any atom is 0.286 e. The van der Waals surface area contributed by atoms with Crippen LogP contribution in [0.25, 0.3) is 11.8 Å². The molecule has 0 saturated carbocycles. The maximum absolute atomic E-state index is 12.0. The molecule has 0 aliphatic carbocycles. The van der Waals surface area contributed by atoms with Crippen molar-refractivity contribution < 1.29 is 19.5 Å². The number of carboxylic acid groups (broad SMARTS) is 1. The second-order valence-electron chi connectivity index (χ2n) is 6.01. The van der Waals surface area contributed by atoms with Crippen LogP contribution < -0.4 is 10.4 Å². The number of nitrogens with zero attached hydrogens (tertiary/aromatic N) is 2. The number of amides is 2. The minimum Gasteiger partial charge on any atom is -0.545 e. The van der Waals surface area contributed by atoms with Gasteiger partial charge < -0.3 is 19.8 Å². The number of rotatable bonds is 3. The first-order valence-corrected chi connectivity index (χ1v) is 8.89. The van der Waals surface area contributed by atoms with E-state index in [1.807, 2.05) is 24.5 Å². The van der Waals surface area contributed by atoms with Gasteiger partial charge in [0.15, 0.2) is 5.17 Å². The molecule has 0 bridgehead atoms. The van der Waals surface area contributed by atoms with Crippen LogP contribution in [0.3, 0.4) is 0 Å². The number of thioether (sulfide) groups is 1. The molecule has 1 N–H and O–H groups in total. The number of carbonyl (C=O) groups excluding carboxylic acids is 3. The second kappa shape index (κ2) is 7.24. The summed E-state index contributed by atoms with van der Waals surface area (Å²) in [5, 5.41) is 13.7. The number of benzene rings is 1. The Morgan fingerprint density at radius 2 is 1.89 bits per heavy atom. The minimum absolute atomic E-state index is 0.110. The van der Waals surface area contributed by atoms with Crippen LogP contribution in [-0.4, -0.2) is 27.5 Å². The Bertz CT molecular complexity index is 1020. The Hall–Kier alpha value is -3.13. The van der Waals surface area contributed by atoms with E-state index < -0.39 is 11.9 Å². The van der Waals surface area contributed by atoms with Gasteiger partial charge in [0, 0.05) is 24.0 Å². The van der Waals surface area contributed by atoms with Crippen molar-refractivity contribution in [3.8, 4) is 5.69 Å². The molecule has 3 rings (SSSR count). The molecule has 0 saturated heterocycles. The second-order valence-corrected chi connectivity index (χ2v) is 7.04. The number of aromatic nitrogens is 1. The average molecular weight is 382 g/mol. The summed E-state index contributed by atoms with van der Waals surface area (Å²) >= 11 is 1.11. The quantitative estimate of drug-likeness (QED) is 0.812. The highest BCUT2D eigenvalue weighted by Crippen LogP contribution is 2.30. The lowest BCUT2D eigenvalue weighted by molar-refractivity contribution is -0.255. The molecular formula is C19H16N3O4S-.